The van der Waals surface area contributed by atoms with Crippen molar-refractivity contribution < 1.29 is 37.8 Å². The summed E-state index contributed by atoms with van der Waals surface area (Å²) in [4.78, 5) is 56.3. The Labute approximate surface area is 251 Å². The molecule has 2 aliphatic heterocycles. The van der Waals surface area contributed by atoms with Crippen molar-refractivity contribution in [3.63, 3.8) is 0 Å². The molecular formula is C33H26FN3O7. The number of halogens is 1. The van der Waals surface area contributed by atoms with E-state index in [0.717, 1.165) is 4.90 Å². The average Bonchev–Trinajstić information content (AvgIpc) is 3.60. The van der Waals surface area contributed by atoms with Crippen LogP contribution in [-0.2, 0) is 20.9 Å². The zero-order valence-electron chi connectivity index (χ0n) is 23.5. The topological polar surface area (TPSA) is 114 Å². The molecule has 0 aromatic heterocycles. The van der Waals surface area contributed by atoms with Gasteiger partial charge in [-0.1, -0.05) is 30.3 Å². The summed E-state index contributed by atoms with van der Waals surface area (Å²) >= 11 is 0. The maximum Gasteiger partial charge on any atom is 0.299 e. The number of para-hydroxylation sites is 1. The molecule has 0 fully saturated rings. The Morgan fingerprint density at radius 1 is 0.955 bits per heavy atom. The Morgan fingerprint density at radius 2 is 1.68 bits per heavy atom. The molecule has 0 spiro atoms. The first-order chi connectivity index (χ1) is 21.3. The van der Waals surface area contributed by atoms with Gasteiger partial charge in [0.25, 0.3) is 17.6 Å². The molecule has 6 rings (SSSR count). The van der Waals surface area contributed by atoms with Crippen molar-refractivity contribution in [2.45, 2.75) is 12.6 Å². The number of hydrogen-bond acceptors (Lipinski definition) is 7. The summed E-state index contributed by atoms with van der Waals surface area (Å²) < 4.78 is 30.0. The van der Waals surface area contributed by atoms with Gasteiger partial charge in [-0.05, 0) is 71.8 Å². The Balaban J connectivity index is 1.40. The molecule has 3 amide bonds. The third-order valence-corrected chi connectivity index (χ3v) is 7.39. The summed E-state index contributed by atoms with van der Waals surface area (Å²) in [7, 11) is 1.53. The van der Waals surface area contributed by atoms with Crippen molar-refractivity contribution in [1.29, 1.82) is 0 Å². The van der Waals surface area contributed by atoms with Crippen LogP contribution < -0.4 is 24.4 Å². The molecular weight excluding hydrogens is 569 g/mol. The minimum Gasteiger partial charge on any atom is -0.497 e. The van der Waals surface area contributed by atoms with Crippen LogP contribution in [0.3, 0.4) is 0 Å². The number of benzene rings is 4. The number of Topliss-reactive ketones (excluding diaryl/α,β-unsaturated/α-hetero) is 1. The van der Waals surface area contributed by atoms with Gasteiger partial charge >= 0.3 is 0 Å². The molecule has 1 unspecified atom stereocenters. The summed E-state index contributed by atoms with van der Waals surface area (Å²) in [6, 6.07) is 22.3. The highest BCUT2D eigenvalue weighted by molar-refractivity contribution is 6.52. The molecule has 2 aliphatic rings. The maximum absolute atomic E-state index is 14.2. The number of carbonyl (C=O) groups excluding carboxylic acids is 4. The number of hydrogen-bond donors (Lipinski definition) is 1. The predicted octanol–water partition coefficient (Wildman–Crippen LogP) is 4.50. The lowest BCUT2D eigenvalue weighted by atomic mass is 10.0. The van der Waals surface area contributed by atoms with Gasteiger partial charge in [0.15, 0.2) is 11.5 Å². The first-order valence-electron chi connectivity index (χ1n) is 13.7. The third-order valence-electron chi connectivity index (χ3n) is 7.39. The molecule has 0 saturated carbocycles. The Morgan fingerprint density at radius 3 is 2.43 bits per heavy atom. The number of methoxy groups -OCH3 is 1. The van der Waals surface area contributed by atoms with Crippen LogP contribution in [0, 0.1) is 5.82 Å². The van der Waals surface area contributed by atoms with Gasteiger partial charge in [-0.2, -0.15) is 0 Å². The van der Waals surface area contributed by atoms with Crippen LogP contribution in [-0.4, -0.2) is 48.9 Å². The number of nitrogens with one attached hydrogen (secondary N) is 1. The highest BCUT2D eigenvalue weighted by Crippen LogP contribution is 2.37. The highest BCUT2D eigenvalue weighted by Gasteiger charge is 2.39. The predicted molar refractivity (Wildman–Crippen MR) is 157 cm³/mol. The fourth-order valence-corrected chi connectivity index (χ4v) is 5.18. The summed E-state index contributed by atoms with van der Waals surface area (Å²) in [6.45, 7) is -0.629. The van der Waals surface area contributed by atoms with Gasteiger partial charge < -0.3 is 24.4 Å². The molecule has 4 aromatic rings. The molecule has 1 atom stereocenters. The number of ether oxygens (including phenoxy) is 3. The van der Waals surface area contributed by atoms with Crippen molar-refractivity contribution >= 4 is 34.9 Å². The van der Waals surface area contributed by atoms with Crippen molar-refractivity contribution in [3.05, 3.63) is 114 Å². The molecule has 44 heavy (non-hydrogen) atoms. The average molecular weight is 596 g/mol. The molecule has 10 nitrogen and oxygen atoms in total. The van der Waals surface area contributed by atoms with E-state index in [4.69, 9.17) is 14.2 Å². The molecule has 4 aromatic carbocycles. The molecule has 0 aliphatic carbocycles. The molecule has 11 heteroatoms. The van der Waals surface area contributed by atoms with Crippen LogP contribution >= 0.6 is 0 Å². The van der Waals surface area contributed by atoms with Crippen LogP contribution in [0.15, 0.2) is 91.0 Å². The lowest BCUT2D eigenvalue weighted by Crippen LogP contribution is -2.46. The number of amides is 3. The van der Waals surface area contributed by atoms with E-state index in [1.807, 2.05) is 0 Å². The van der Waals surface area contributed by atoms with E-state index in [2.05, 4.69) is 5.32 Å². The monoisotopic (exact) mass is 595 g/mol. The van der Waals surface area contributed by atoms with Gasteiger partial charge in [-0.25, -0.2) is 4.39 Å². The van der Waals surface area contributed by atoms with Crippen LogP contribution in [0.5, 0.6) is 17.2 Å². The SMILES string of the molecule is COc1ccc(NC(=O)C(c2ccc3c(c2)OCO3)N(Cc2ccc(F)cc2)C(=O)CN2C(=O)C(=O)c3ccccc32)cc1. The van der Waals surface area contributed by atoms with Gasteiger partial charge in [0.05, 0.1) is 18.4 Å². The first-order valence-corrected chi connectivity index (χ1v) is 13.7. The minimum atomic E-state index is -1.24. The zero-order chi connectivity index (χ0) is 30.8. The van der Waals surface area contributed by atoms with Gasteiger partial charge in [0.1, 0.15) is 24.2 Å². The third kappa shape index (κ3) is 5.54. The second kappa shape index (κ2) is 11.9. The smallest absolute Gasteiger partial charge is 0.299 e. The number of carbonyl (C=O) groups is 4. The lowest BCUT2D eigenvalue weighted by molar-refractivity contribution is -0.139. The van der Waals surface area contributed by atoms with Crippen molar-refractivity contribution in [2.75, 3.05) is 30.7 Å². The summed E-state index contributed by atoms with van der Waals surface area (Å²) in [5, 5.41) is 2.86. The van der Waals surface area contributed by atoms with E-state index in [9.17, 15) is 23.6 Å². The fraction of sp³-hybridized carbons (Fsp3) is 0.152. The normalized spacial score (nSPS) is 13.8. The second-order valence-electron chi connectivity index (χ2n) is 10.1. The van der Waals surface area contributed by atoms with E-state index >= 15 is 0 Å². The Hall–Kier alpha value is -5.71. The van der Waals surface area contributed by atoms with Crippen LogP contribution in [0.1, 0.15) is 27.5 Å². The summed E-state index contributed by atoms with van der Waals surface area (Å²) in [6.07, 6.45) is 0. The second-order valence-corrected chi connectivity index (χ2v) is 10.1. The van der Waals surface area contributed by atoms with Crippen molar-refractivity contribution in [3.8, 4) is 17.2 Å². The van der Waals surface area contributed by atoms with Gasteiger partial charge in [0.2, 0.25) is 12.7 Å². The molecule has 0 saturated heterocycles. The van der Waals surface area contributed by atoms with Gasteiger partial charge in [-0.15, -0.1) is 0 Å². The quantitative estimate of drug-likeness (QED) is 0.284. The van der Waals surface area contributed by atoms with E-state index in [1.165, 1.54) is 42.3 Å². The van der Waals surface area contributed by atoms with E-state index < -0.39 is 41.9 Å². The Bertz CT molecular complexity index is 1760. The maximum atomic E-state index is 14.2. The standard InChI is InChI=1S/C33H26FN3O7/c1-42-24-13-11-23(12-14-24)35-32(40)30(21-8-15-27-28(16-21)44-19-43-27)37(17-20-6-9-22(34)10-7-20)29(38)18-36-26-5-3-2-4-25(26)31(39)33(36)41/h2-16,30H,17-19H2,1H3,(H,35,40). The molecule has 0 bridgehead atoms. The highest BCUT2D eigenvalue weighted by atomic mass is 19.1. The fourth-order valence-electron chi connectivity index (χ4n) is 5.18. The first kappa shape index (κ1) is 28.4. The van der Waals surface area contributed by atoms with Crippen LogP contribution in [0.4, 0.5) is 15.8 Å². The lowest BCUT2D eigenvalue weighted by Gasteiger charge is -2.33. The van der Waals surface area contributed by atoms with Gasteiger partial charge in [0, 0.05) is 12.2 Å². The molecule has 1 N–H and O–H groups in total. The summed E-state index contributed by atoms with van der Waals surface area (Å²) in [5.74, 6) is -1.74. The van der Waals surface area contributed by atoms with E-state index in [1.54, 1.807) is 60.7 Å². The van der Waals surface area contributed by atoms with E-state index in [-0.39, 0.29) is 18.9 Å². The largest absolute Gasteiger partial charge is 0.497 e. The molecule has 2 heterocycles. The summed E-state index contributed by atoms with van der Waals surface area (Å²) in [5.41, 5.74) is 1.89. The molecule has 222 valence electrons. The number of rotatable bonds is 9. The van der Waals surface area contributed by atoms with Crippen LogP contribution in [0.25, 0.3) is 0 Å². The van der Waals surface area contributed by atoms with Crippen molar-refractivity contribution in [1.82, 2.24) is 4.90 Å². The minimum absolute atomic E-state index is 0.00420. The number of ketones is 1. The van der Waals surface area contributed by atoms with Crippen molar-refractivity contribution in [2.24, 2.45) is 0 Å². The van der Waals surface area contributed by atoms with Gasteiger partial charge in [-0.3, -0.25) is 24.1 Å². The molecule has 0 radical (unpaired) electrons. The van der Waals surface area contributed by atoms with E-state index in [0.29, 0.717) is 39.8 Å². The zero-order valence-corrected chi connectivity index (χ0v) is 23.5. The number of nitrogens with zero attached hydrogens (tertiary/aromatic N) is 2. The Kier molecular flexibility index (Phi) is 7.67. The number of anilines is 2. The number of fused-ring (bicyclic) bond motifs is 2. The van der Waals surface area contributed by atoms with Crippen LogP contribution in [0.2, 0.25) is 0 Å².